The molecule has 1 aromatic carbocycles. The number of carbonyl (C=O) groups is 2. The van der Waals surface area contributed by atoms with Crippen molar-refractivity contribution in [3.63, 3.8) is 0 Å². The lowest BCUT2D eigenvalue weighted by Crippen LogP contribution is -2.49. The Morgan fingerprint density at radius 2 is 1.89 bits per heavy atom. The van der Waals surface area contributed by atoms with Crippen LogP contribution in [-0.4, -0.2) is 58.0 Å². The van der Waals surface area contributed by atoms with Crippen LogP contribution in [0.4, 0.5) is 9.59 Å². The van der Waals surface area contributed by atoms with E-state index in [1.54, 1.807) is 15.9 Å². The fourth-order valence-electron chi connectivity index (χ4n) is 3.02. The highest BCUT2D eigenvalue weighted by atomic mass is 16.5. The number of piperidine rings is 1. The smallest absolute Gasteiger partial charge is 0.409 e. The number of carbonyl (C=O) groups excluding carboxylic acids is 2. The summed E-state index contributed by atoms with van der Waals surface area (Å²) < 4.78 is 6.47. The van der Waals surface area contributed by atoms with Gasteiger partial charge in [0.05, 0.1) is 13.7 Å². The normalized spacial score (nSPS) is 14.6. The SMILES string of the molecule is COC(=O)N1CCC(NC(=O)NCc2ccc(Cn3cncn3)cc2)CC1. The molecule has 1 aliphatic rings. The van der Waals surface area contributed by atoms with Gasteiger partial charge in [-0.05, 0) is 24.0 Å². The van der Waals surface area contributed by atoms with E-state index < -0.39 is 0 Å². The molecule has 9 heteroatoms. The molecule has 2 N–H and O–H groups in total. The Morgan fingerprint density at radius 1 is 1.19 bits per heavy atom. The molecule has 1 fully saturated rings. The molecule has 1 aromatic heterocycles. The van der Waals surface area contributed by atoms with Crippen molar-refractivity contribution in [3.8, 4) is 0 Å². The number of amides is 3. The van der Waals surface area contributed by atoms with Gasteiger partial charge in [-0.2, -0.15) is 5.10 Å². The minimum atomic E-state index is -0.315. The summed E-state index contributed by atoms with van der Waals surface area (Å²) in [4.78, 5) is 29.1. The minimum Gasteiger partial charge on any atom is -0.453 e. The Labute approximate surface area is 157 Å². The number of methoxy groups -OCH3 is 1. The lowest BCUT2D eigenvalue weighted by Gasteiger charge is -2.31. The average molecular weight is 372 g/mol. The summed E-state index contributed by atoms with van der Waals surface area (Å²) in [6, 6.07) is 7.87. The third-order valence-electron chi connectivity index (χ3n) is 4.55. The fraction of sp³-hybridized carbons (Fsp3) is 0.444. The highest BCUT2D eigenvalue weighted by molar-refractivity contribution is 5.74. The molecule has 144 valence electrons. The molecule has 0 bridgehead atoms. The van der Waals surface area contributed by atoms with E-state index >= 15 is 0 Å². The molecule has 0 unspecified atom stereocenters. The van der Waals surface area contributed by atoms with E-state index in [0.29, 0.717) is 26.2 Å². The lowest BCUT2D eigenvalue weighted by atomic mass is 10.1. The second-order valence-corrected chi connectivity index (χ2v) is 6.47. The number of urea groups is 1. The van der Waals surface area contributed by atoms with E-state index in [1.807, 2.05) is 24.3 Å². The van der Waals surface area contributed by atoms with Crippen LogP contribution in [0.2, 0.25) is 0 Å². The van der Waals surface area contributed by atoms with Gasteiger partial charge in [0.1, 0.15) is 12.7 Å². The Balaban J connectivity index is 1.38. The molecule has 1 aliphatic heterocycles. The molecular formula is C18H24N6O3. The number of benzene rings is 1. The van der Waals surface area contributed by atoms with E-state index in [0.717, 1.165) is 24.0 Å². The first-order chi connectivity index (χ1) is 13.1. The van der Waals surface area contributed by atoms with Crippen LogP contribution in [0.3, 0.4) is 0 Å². The summed E-state index contributed by atoms with van der Waals surface area (Å²) in [5.41, 5.74) is 2.14. The third-order valence-corrected chi connectivity index (χ3v) is 4.55. The van der Waals surface area contributed by atoms with Crippen molar-refractivity contribution in [2.24, 2.45) is 0 Å². The van der Waals surface area contributed by atoms with Crippen LogP contribution >= 0.6 is 0 Å². The molecule has 0 spiro atoms. The van der Waals surface area contributed by atoms with Gasteiger partial charge >= 0.3 is 12.1 Å². The quantitative estimate of drug-likeness (QED) is 0.825. The fourth-order valence-corrected chi connectivity index (χ4v) is 3.02. The molecule has 9 nitrogen and oxygen atoms in total. The minimum absolute atomic E-state index is 0.0657. The number of rotatable bonds is 5. The van der Waals surface area contributed by atoms with Gasteiger partial charge in [0.25, 0.3) is 0 Å². The predicted octanol–water partition coefficient (Wildman–Crippen LogP) is 1.36. The van der Waals surface area contributed by atoms with Gasteiger partial charge in [-0.1, -0.05) is 24.3 Å². The lowest BCUT2D eigenvalue weighted by molar-refractivity contribution is 0.110. The van der Waals surface area contributed by atoms with Gasteiger partial charge in [0.15, 0.2) is 0 Å². The largest absolute Gasteiger partial charge is 0.453 e. The van der Waals surface area contributed by atoms with E-state index in [2.05, 4.69) is 20.7 Å². The monoisotopic (exact) mass is 372 g/mol. The topological polar surface area (TPSA) is 101 Å². The van der Waals surface area contributed by atoms with Crippen molar-refractivity contribution in [2.75, 3.05) is 20.2 Å². The standard InChI is InChI=1S/C18H24N6O3/c1-27-18(26)23-8-6-16(7-9-23)22-17(25)20-10-14-2-4-15(5-3-14)11-24-13-19-12-21-24/h2-5,12-13,16H,6-11H2,1H3,(H2,20,22,25). The van der Waals surface area contributed by atoms with Gasteiger partial charge in [-0.25, -0.2) is 19.3 Å². The molecule has 0 radical (unpaired) electrons. The van der Waals surface area contributed by atoms with Crippen LogP contribution in [0.15, 0.2) is 36.9 Å². The average Bonchev–Trinajstić information content (AvgIpc) is 3.20. The van der Waals surface area contributed by atoms with Crippen LogP contribution in [0, 0.1) is 0 Å². The Morgan fingerprint density at radius 3 is 2.52 bits per heavy atom. The number of nitrogens with zero attached hydrogens (tertiary/aromatic N) is 4. The van der Waals surface area contributed by atoms with Gasteiger partial charge in [-0.3, -0.25) is 0 Å². The van der Waals surface area contributed by atoms with Gasteiger partial charge in [-0.15, -0.1) is 0 Å². The van der Waals surface area contributed by atoms with E-state index in [-0.39, 0.29) is 18.2 Å². The van der Waals surface area contributed by atoms with Crippen molar-refractivity contribution in [3.05, 3.63) is 48.0 Å². The number of nitrogens with one attached hydrogen (secondary N) is 2. The van der Waals surface area contributed by atoms with Crippen LogP contribution < -0.4 is 10.6 Å². The van der Waals surface area contributed by atoms with Crippen molar-refractivity contribution in [1.82, 2.24) is 30.3 Å². The maximum atomic E-state index is 12.1. The van der Waals surface area contributed by atoms with Crippen molar-refractivity contribution >= 4 is 12.1 Å². The first-order valence-electron chi connectivity index (χ1n) is 8.91. The van der Waals surface area contributed by atoms with Crippen LogP contribution in [0.5, 0.6) is 0 Å². The number of hydrogen-bond acceptors (Lipinski definition) is 5. The molecule has 2 heterocycles. The van der Waals surface area contributed by atoms with E-state index in [9.17, 15) is 9.59 Å². The van der Waals surface area contributed by atoms with Crippen molar-refractivity contribution < 1.29 is 14.3 Å². The zero-order chi connectivity index (χ0) is 19.1. The number of aromatic nitrogens is 3. The summed E-state index contributed by atoms with van der Waals surface area (Å²) in [5, 5.41) is 9.91. The van der Waals surface area contributed by atoms with E-state index in [1.165, 1.54) is 13.4 Å². The zero-order valence-corrected chi connectivity index (χ0v) is 15.3. The summed E-state index contributed by atoms with van der Waals surface area (Å²) in [6.45, 7) is 2.30. The maximum absolute atomic E-state index is 12.1. The summed E-state index contributed by atoms with van der Waals surface area (Å²) in [6.07, 6.45) is 4.31. The van der Waals surface area contributed by atoms with Gasteiger partial charge < -0.3 is 20.3 Å². The Hall–Kier alpha value is -3.10. The van der Waals surface area contributed by atoms with Crippen molar-refractivity contribution in [1.29, 1.82) is 0 Å². The molecule has 27 heavy (non-hydrogen) atoms. The third kappa shape index (κ3) is 5.44. The van der Waals surface area contributed by atoms with Gasteiger partial charge in [0.2, 0.25) is 0 Å². The first-order valence-corrected chi connectivity index (χ1v) is 8.91. The zero-order valence-electron chi connectivity index (χ0n) is 15.3. The maximum Gasteiger partial charge on any atom is 0.409 e. The van der Waals surface area contributed by atoms with Crippen molar-refractivity contribution in [2.45, 2.75) is 32.0 Å². The van der Waals surface area contributed by atoms with E-state index in [4.69, 9.17) is 4.74 Å². The molecule has 3 rings (SSSR count). The molecule has 0 saturated carbocycles. The number of hydrogen-bond donors (Lipinski definition) is 2. The Bertz CT molecular complexity index is 739. The second kappa shape index (κ2) is 9.02. The van der Waals surface area contributed by atoms with Crippen LogP contribution in [0.25, 0.3) is 0 Å². The first kappa shape index (κ1) is 18.7. The summed E-state index contributed by atoms with van der Waals surface area (Å²) in [7, 11) is 1.38. The molecule has 1 saturated heterocycles. The molecule has 2 aromatic rings. The molecule has 0 aliphatic carbocycles. The second-order valence-electron chi connectivity index (χ2n) is 6.47. The Kier molecular flexibility index (Phi) is 6.24. The highest BCUT2D eigenvalue weighted by Crippen LogP contribution is 2.11. The number of ether oxygens (including phenoxy) is 1. The summed E-state index contributed by atoms with van der Waals surface area (Å²) in [5.74, 6) is 0. The van der Waals surface area contributed by atoms with Crippen LogP contribution in [0.1, 0.15) is 24.0 Å². The van der Waals surface area contributed by atoms with Gasteiger partial charge in [0, 0.05) is 25.7 Å². The molecule has 3 amide bonds. The molecular weight excluding hydrogens is 348 g/mol. The summed E-state index contributed by atoms with van der Waals surface area (Å²) >= 11 is 0. The number of likely N-dealkylation sites (tertiary alicyclic amines) is 1. The predicted molar refractivity (Wildman–Crippen MR) is 97.9 cm³/mol. The molecule has 0 atom stereocenters. The highest BCUT2D eigenvalue weighted by Gasteiger charge is 2.24. The van der Waals surface area contributed by atoms with Crippen LogP contribution in [-0.2, 0) is 17.8 Å².